The van der Waals surface area contributed by atoms with E-state index in [-0.39, 0.29) is 61.2 Å². The molecule has 0 saturated heterocycles. The molecule has 0 N–H and O–H groups in total. The molecule has 1 aliphatic carbocycles. The van der Waals surface area contributed by atoms with Crippen LogP contribution in [0, 0.1) is 11.7 Å². The highest BCUT2D eigenvalue weighted by molar-refractivity contribution is 7.13. The van der Waals surface area contributed by atoms with Crippen molar-refractivity contribution in [2.24, 2.45) is 5.92 Å². The highest BCUT2D eigenvalue weighted by Gasteiger charge is 2.42. The maximum atomic E-state index is 14.8. The van der Waals surface area contributed by atoms with Crippen LogP contribution < -0.4 is 0 Å². The summed E-state index contributed by atoms with van der Waals surface area (Å²) in [5, 5.41) is 10.0. The van der Waals surface area contributed by atoms with Crippen molar-refractivity contribution < 1.29 is 22.1 Å². The summed E-state index contributed by atoms with van der Waals surface area (Å²) >= 11 is 13.6. The molecule has 4 aromatic rings. The maximum Gasteiger partial charge on any atom is 0.434 e. The van der Waals surface area contributed by atoms with Crippen LogP contribution in [0.1, 0.15) is 19.0 Å². The molecule has 180 valence electrons. The van der Waals surface area contributed by atoms with Crippen molar-refractivity contribution in [3.63, 3.8) is 0 Å². The number of halogens is 6. The molecule has 0 saturated carbocycles. The first-order valence-electron chi connectivity index (χ1n) is 10.2. The number of thiazole rings is 1. The largest absolute Gasteiger partial charge is 0.434 e. The highest BCUT2D eigenvalue weighted by atomic mass is 35.5. The summed E-state index contributed by atoms with van der Waals surface area (Å²) in [6, 6.07) is 4.03. The zero-order chi connectivity index (χ0) is 24.9. The van der Waals surface area contributed by atoms with E-state index in [9.17, 15) is 17.6 Å². The first kappa shape index (κ1) is 23.8. The van der Waals surface area contributed by atoms with E-state index in [1.54, 1.807) is 11.5 Å². The van der Waals surface area contributed by atoms with Gasteiger partial charge in [-0.25, -0.2) is 14.1 Å². The smallest absolute Gasteiger partial charge is 0.355 e. The Morgan fingerprint density at radius 1 is 1.20 bits per heavy atom. The van der Waals surface area contributed by atoms with Crippen LogP contribution in [0.3, 0.4) is 0 Å². The van der Waals surface area contributed by atoms with Crippen LogP contribution in [0.25, 0.3) is 38.8 Å². The standard InChI is InChI=1S/C23H14Cl2F4N4OS/c1-11-5-6-13(24)16(9-11)33-21(23(27,28)29)12(10-31-33)20-18(22-30-7-8-35-22)19(32-34-20)17-14(25)3-2-4-15(17)26/h2-8,10-11H,9H2,1H3/t11-/m1/s1. The van der Waals surface area contributed by atoms with Gasteiger partial charge in [-0.3, -0.25) is 0 Å². The molecular weight excluding hydrogens is 527 g/mol. The maximum absolute atomic E-state index is 14.8. The molecule has 0 spiro atoms. The summed E-state index contributed by atoms with van der Waals surface area (Å²) in [7, 11) is 0. The van der Waals surface area contributed by atoms with Crippen LogP contribution >= 0.6 is 34.5 Å². The number of alkyl halides is 3. The summed E-state index contributed by atoms with van der Waals surface area (Å²) in [4.78, 5) is 4.21. The Labute approximate surface area is 210 Å². The summed E-state index contributed by atoms with van der Waals surface area (Å²) in [5.41, 5.74) is -1.36. The van der Waals surface area contributed by atoms with Crippen LogP contribution in [-0.2, 0) is 6.18 Å². The van der Waals surface area contributed by atoms with Crippen LogP contribution in [0.4, 0.5) is 17.6 Å². The van der Waals surface area contributed by atoms with Crippen molar-refractivity contribution >= 4 is 40.2 Å². The summed E-state index contributed by atoms with van der Waals surface area (Å²) in [5.74, 6) is -1.00. The second kappa shape index (κ2) is 8.92. The SMILES string of the molecule is C[C@@H]1C=CC(Cl)=C(n2ncc(-c3onc(-c4c(F)cccc4Cl)c3-c3nccs3)c2C(F)(F)F)C1. The summed E-state index contributed by atoms with van der Waals surface area (Å²) in [6.45, 7) is 1.86. The van der Waals surface area contributed by atoms with E-state index in [0.717, 1.165) is 22.2 Å². The molecule has 1 atom stereocenters. The molecule has 0 aliphatic heterocycles. The first-order valence-corrected chi connectivity index (χ1v) is 11.9. The van der Waals surface area contributed by atoms with E-state index in [1.165, 1.54) is 24.4 Å². The molecule has 0 radical (unpaired) electrons. The molecule has 0 amide bonds. The molecule has 5 rings (SSSR count). The fraction of sp³-hybridized carbons (Fsp3) is 0.174. The lowest BCUT2D eigenvalue weighted by Crippen LogP contribution is -2.17. The highest BCUT2D eigenvalue weighted by Crippen LogP contribution is 2.47. The molecule has 12 heteroatoms. The molecule has 3 heterocycles. The van der Waals surface area contributed by atoms with E-state index in [4.69, 9.17) is 27.7 Å². The number of rotatable bonds is 4. The number of nitrogens with zero attached hydrogens (tertiary/aromatic N) is 4. The predicted molar refractivity (Wildman–Crippen MR) is 126 cm³/mol. The van der Waals surface area contributed by atoms with Gasteiger partial charge in [0.1, 0.15) is 16.5 Å². The second-order valence-corrected chi connectivity index (χ2v) is 9.53. The lowest BCUT2D eigenvalue weighted by atomic mass is 9.99. The zero-order valence-corrected chi connectivity index (χ0v) is 20.1. The molecule has 0 bridgehead atoms. The molecule has 0 fully saturated rings. The topological polar surface area (TPSA) is 56.7 Å². The van der Waals surface area contributed by atoms with Gasteiger partial charge < -0.3 is 4.52 Å². The number of allylic oxidation sites excluding steroid dienone is 4. The van der Waals surface area contributed by atoms with E-state index in [2.05, 4.69) is 15.2 Å². The predicted octanol–water partition coefficient (Wildman–Crippen LogP) is 8.14. The Hall–Kier alpha value is -2.95. The number of hydrogen-bond donors (Lipinski definition) is 0. The minimum Gasteiger partial charge on any atom is -0.355 e. The van der Waals surface area contributed by atoms with Gasteiger partial charge in [-0.15, -0.1) is 11.3 Å². The Balaban J connectivity index is 1.79. The third kappa shape index (κ3) is 4.19. The van der Waals surface area contributed by atoms with Crippen molar-refractivity contribution in [1.29, 1.82) is 0 Å². The Bertz CT molecular complexity index is 1450. The Morgan fingerprint density at radius 2 is 2.00 bits per heavy atom. The van der Waals surface area contributed by atoms with Crippen molar-refractivity contribution in [2.45, 2.75) is 19.5 Å². The van der Waals surface area contributed by atoms with E-state index in [1.807, 2.05) is 13.0 Å². The average molecular weight is 541 g/mol. The quantitative estimate of drug-likeness (QED) is 0.245. The van der Waals surface area contributed by atoms with Gasteiger partial charge in [-0.2, -0.15) is 18.3 Å². The third-order valence-electron chi connectivity index (χ3n) is 5.44. The first-order chi connectivity index (χ1) is 16.7. The van der Waals surface area contributed by atoms with Crippen LogP contribution in [0.5, 0.6) is 0 Å². The monoisotopic (exact) mass is 540 g/mol. The molecule has 1 aliphatic rings. The lowest BCUT2D eigenvalue weighted by molar-refractivity contribution is -0.142. The van der Waals surface area contributed by atoms with Crippen LogP contribution in [0.2, 0.25) is 5.02 Å². The van der Waals surface area contributed by atoms with Gasteiger partial charge >= 0.3 is 6.18 Å². The van der Waals surface area contributed by atoms with Gasteiger partial charge in [0.15, 0.2) is 11.5 Å². The Morgan fingerprint density at radius 3 is 2.69 bits per heavy atom. The van der Waals surface area contributed by atoms with Gasteiger partial charge in [0.2, 0.25) is 0 Å². The molecule has 1 aromatic carbocycles. The van der Waals surface area contributed by atoms with Crippen molar-refractivity contribution in [3.8, 4) is 33.2 Å². The van der Waals surface area contributed by atoms with E-state index in [0.29, 0.717) is 0 Å². The Kier molecular flexibility index (Phi) is 6.06. The minimum absolute atomic E-state index is 0.0225. The fourth-order valence-corrected chi connectivity index (χ4v) is 5.07. The molecule has 5 nitrogen and oxygen atoms in total. The van der Waals surface area contributed by atoms with Gasteiger partial charge in [-0.1, -0.05) is 47.4 Å². The van der Waals surface area contributed by atoms with Gasteiger partial charge in [0, 0.05) is 11.6 Å². The lowest BCUT2D eigenvalue weighted by Gasteiger charge is -2.20. The molecule has 35 heavy (non-hydrogen) atoms. The van der Waals surface area contributed by atoms with Crippen LogP contribution in [0.15, 0.2) is 57.7 Å². The van der Waals surface area contributed by atoms with Crippen molar-refractivity contribution in [2.75, 3.05) is 0 Å². The van der Waals surface area contributed by atoms with E-state index >= 15 is 0 Å². The third-order valence-corrected chi connectivity index (χ3v) is 6.89. The number of benzene rings is 1. The normalized spacial score (nSPS) is 16.4. The summed E-state index contributed by atoms with van der Waals surface area (Å²) in [6.07, 6.45) is 1.30. The van der Waals surface area contributed by atoms with Crippen molar-refractivity contribution in [1.82, 2.24) is 19.9 Å². The molecule has 3 aromatic heterocycles. The molecular formula is C23H14Cl2F4N4OS. The van der Waals surface area contributed by atoms with E-state index < -0.39 is 17.7 Å². The zero-order valence-electron chi connectivity index (χ0n) is 17.8. The van der Waals surface area contributed by atoms with Crippen molar-refractivity contribution in [3.05, 3.63) is 69.7 Å². The van der Waals surface area contributed by atoms with Gasteiger partial charge in [-0.05, 0) is 30.5 Å². The fourth-order valence-electron chi connectivity index (χ4n) is 3.91. The van der Waals surface area contributed by atoms with Gasteiger partial charge in [0.05, 0.1) is 38.6 Å². The van der Waals surface area contributed by atoms with Gasteiger partial charge in [0.25, 0.3) is 0 Å². The summed E-state index contributed by atoms with van der Waals surface area (Å²) < 4.78 is 64.3. The number of hydrogen-bond acceptors (Lipinski definition) is 5. The average Bonchev–Trinajstić information content (AvgIpc) is 3.53. The molecule has 0 unspecified atom stereocenters. The van der Waals surface area contributed by atoms with Crippen LogP contribution in [-0.4, -0.2) is 19.9 Å². The number of aromatic nitrogens is 4. The minimum atomic E-state index is -4.83. The second-order valence-electron chi connectivity index (χ2n) is 7.82.